The van der Waals surface area contributed by atoms with E-state index in [2.05, 4.69) is 4.98 Å². The van der Waals surface area contributed by atoms with E-state index in [1.165, 1.54) is 0 Å². The van der Waals surface area contributed by atoms with Crippen LogP contribution in [-0.4, -0.2) is 18.6 Å². The van der Waals surface area contributed by atoms with Gasteiger partial charge in [0.25, 0.3) is 0 Å². The maximum Gasteiger partial charge on any atom is 0.104 e. The van der Waals surface area contributed by atoms with Crippen molar-refractivity contribution in [3.05, 3.63) is 29.6 Å². The molecule has 0 radical (unpaired) electrons. The molecule has 3 heteroatoms. The predicted molar refractivity (Wildman–Crippen MR) is 52.4 cm³/mol. The van der Waals surface area contributed by atoms with E-state index in [0.29, 0.717) is 6.54 Å². The summed E-state index contributed by atoms with van der Waals surface area (Å²) in [6.45, 7) is 4.42. The molecule has 0 fully saturated rings. The largest absolute Gasteiger partial charge is 0.372 e. The van der Waals surface area contributed by atoms with Gasteiger partial charge in [0.15, 0.2) is 0 Å². The summed E-state index contributed by atoms with van der Waals surface area (Å²) in [5.74, 6) is 0. The Kier molecular flexibility index (Phi) is 3.01. The third-order valence-corrected chi connectivity index (χ3v) is 2.33. The molecule has 1 aromatic rings. The minimum atomic E-state index is -0.418. The van der Waals surface area contributed by atoms with Crippen LogP contribution in [0.2, 0.25) is 0 Å². The molecule has 0 spiro atoms. The second kappa shape index (κ2) is 3.85. The van der Waals surface area contributed by atoms with Crippen molar-refractivity contribution in [1.29, 1.82) is 0 Å². The Balaban J connectivity index is 3.05. The maximum atomic E-state index is 5.65. The minimum absolute atomic E-state index is 0.418. The predicted octanol–water partition coefficient (Wildman–Crippen LogP) is 1.21. The van der Waals surface area contributed by atoms with Gasteiger partial charge in [-0.15, -0.1) is 0 Å². The summed E-state index contributed by atoms with van der Waals surface area (Å²) in [5, 5.41) is 0. The Morgan fingerprint density at radius 2 is 2.23 bits per heavy atom. The number of aromatic nitrogens is 1. The lowest BCUT2D eigenvalue weighted by atomic mass is 9.97. The molecule has 0 aliphatic rings. The fourth-order valence-corrected chi connectivity index (χ4v) is 1.16. The van der Waals surface area contributed by atoms with Gasteiger partial charge in [-0.3, -0.25) is 4.98 Å². The van der Waals surface area contributed by atoms with Crippen molar-refractivity contribution in [2.45, 2.75) is 19.4 Å². The van der Waals surface area contributed by atoms with Gasteiger partial charge in [-0.25, -0.2) is 0 Å². The molecule has 1 rings (SSSR count). The lowest BCUT2D eigenvalue weighted by Crippen LogP contribution is -2.33. The zero-order valence-corrected chi connectivity index (χ0v) is 8.37. The van der Waals surface area contributed by atoms with Crippen LogP contribution < -0.4 is 5.73 Å². The highest BCUT2D eigenvalue weighted by Gasteiger charge is 2.24. The summed E-state index contributed by atoms with van der Waals surface area (Å²) < 4.78 is 5.36. The third kappa shape index (κ3) is 2.05. The van der Waals surface area contributed by atoms with Crippen molar-refractivity contribution in [2.24, 2.45) is 5.73 Å². The fourth-order valence-electron chi connectivity index (χ4n) is 1.16. The molecule has 13 heavy (non-hydrogen) atoms. The van der Waals surface area contributed by atoms with Gasteiger partial charge in [-0.05, 0) is 19.4 Å². The number of pyridine rings is 1. The van der Waals surface area contributed by atoms with Gasteiger partial charge < -0.3 is 10.5 Å². The second-order valence-electron chi connectivity index (χ2n) is 3.39. The van der Waals surface area contributed by atoms with Crippen LogP contribution in [-0.2, 0) is 10.3 Å². The normalized spacial score (nSPS) is 15.4. The summed E-state index contributed by atoms with van der Waals surface area (Å²) in [6.07, 6.45) is 3.61. The highest BCUT2D eigenvalue weighted by molar-refractivity contribution is 5.23. The molecule has 0 saturated carbocycles. The van der Waals surface area contributed by atoms with Gasteiger partial charge in [0, 0.05) is 31.6 Å². The molecule has 0 aliphatic carbocycles. The lowest BCUT2D eigenvalue weighted by Gasteiger charge is -2.26. The van der Waals surface area contributed by atoms with Crippen LogP contribution in [0.3, 0.4) is 0 Å². The number of rotatable bonds is 3. The van der Waals surface area contributed by atoms with E-state index in [4.69, 9.17) is 10.5 Å². The van der Waals surface area contributed by atoms with E-state index in [1.54, 1.807) is 13.3 Å². The van der Waals surface area contributed by atoms with E-state index < -0.39 is 5.60 Å². The fraction of sp³-hybridized carbons (Fsp3) is 0.500. The number of hydrogen-bond donors (Lipinski definition) is 1. The standard InChI is InChI=1S/C10H16N2O/c1-8-4-9(6-12-5-8)10(2,7-11)13-3/h4-6H,7,11H2,1-3H3. The topological polar surface area (TPSA) is 48.1 Å². The van der Waals surface area contributed by atoms with E-state index in [-0.39, 0.29) is 0 Å². The van der Waals surface area contributed by atoms with Gasteiger partial charge in [0.05, 0.1) is 0 Å². The van der Waals surface area contributed by atoms with Crippen LogP contribution in [0.25, 0.3) is 0 Å². The van der Waals surface area contributed by atoms with E-state index in [0.717, 1.165) is 11.1 Å². The molecule has 1 unspecified atom stereocenters. The van der Waals surface area contributed by atoms with Crippen LogP contribution in [0, 0.1) is 6.92 Å². The Labute approximate surface area is 78.9 Å². The average molecular weight is 180 g/mol. The summed E-state index contributed by atoms with van der Waals surface area (Å²) in [4.78, 5) is 4.11. The molecule has 0 bridgehead atoms. The first kappa shape index (κ1) is 10.2. The molecule has 1 aromatic heterocycles. The zero-order chi connectivity index (χ0) is 9.90. The van der Waals surface area contributed by atoms with Crippen LogP contribution in [0.4, 0.5) is 0 Å². The minimum Gasteiger partial charge on any atom is -0.372 e. The molecule has 0 saturated heterocycles. The SMILES string of the molecule is COC(C)(CN)c1cncc(C)c1. The Bertz CT molecular complexity index is 282. The van der Waals surface area contributed by atoms with Crippen LogP contribution in [0.15, 0.2) is 18.5 Å². The van der Waals surface area contributed by atoms with Crippen molar-refractivity contribution >= 4 is 0 Å². The summed E-state index contributed by atoms with van der Waals surface area (Å²) >= 11 is 0. The monoisotopic (exact) mass is 180 g/mol. The van der Waals surface area contributed by atoms with Crippen molar-refractivity contribution in [2.75, 3.05) is 13.7 Å². The molecule has 0 aromatic carbocycles. The number of aryl methyl sites for hydroxylation is 1. The summed E-state index contributed by atoms with van der Waals surface area (Å²) in [7, 11) is 1.66. The number of nitrogens with two attached hydrogens (primary N) is 1. The molecule has 3 nitrogen and oxygen atoms in total. The summed E-state index contributed by atoms with van der Waals surface area (Å²) in [5.41, 5.74) is 7.37. The highest BCUT2D eigenvalue weighted by Crippen LogP contribution is 2.22. The quantitative estimate of drug-likeness (QED) is 0.760. The highest BCUT2D eigenvalue weighted by atomic mass is 16.5. The maximum absolute atomic E-state index is 5.65. The van der Waals surface area contributed by atoms with Crippen molar-refractivity contribution in [3.8, 4) is 0 Å². The smallest absolute Gasteiger partial charge is 0.104 e. The molecular formula is C10H16N2O. The number of ether oxygens (including phenoxy) is 1. The Morgan fingerprint density at radius 3 is 2.69 bits per heavy atom. The zero-order valence-electron chi connectivity index (χ0n) is 8.37. The van der Waals surface area contributed by atoms with Gasteiger partial charge in [-0.1, -0.05) is 6.07 Å². The van der Waals surface area contributed by atoms with Crippen molar-refractivity contribution in [1.82, 2.24) is 4.98 Å². The van der Waals surface area contributed by atoms with Crippen LogP contribution >= 0.6 is 0 Å². The van der Waals surface area contributed by atoms with E-state index in [1.807, 2.05) is 26.1 Å². The Morgan fingerprint density at radius 1 is 1.54 bits per heavy atom. The van der Waals surface area contributed by atoms with Gasteiger partial charge in [0.1, 0.15) is 5.60 Å². The first-order valence-electron chi connectivity index (χ1n) is 4.30. The number of nitrogens with zero attached hydrogens (tertiary/aromatic N) is 1. The van der Waals surface area contributed by atoms with Crippen molar-refractivity contribution < 1.29 is 4.74 Å². The molecule has 1 heterocycles. The third-order valence-electron chi connectivity index (χ3n) is 2.33. The van der Waals surface area contributed by atoms with Crippen molar-refractivity contribution in [3.63, 3.8) is 0 Å². The van der Waals surface area contributed by atoms with E-state index in [9.17, 15) is 0 Å². The first-order valence-corrected chi connectivity index (χ1v) is 4.30. The molecule has 0 amide bonds. The average Bonchev–Trinajstić information content (AvgIpc) is 2.17. The number of methoxy groups -OCH3 is 1. The van der Waals surface area contributed by atoms with Crippen LogP contribution in [0.5, 0.6) is 0 Å². The lowest BCUT2D eigenvalue weighted by molar-refractivity contribution is 0.00975. The molecule has 1 atom stereocenters. The van der Waals surface area contributed by atoms with Crippen LogP contribution in [0.1, 0.15) is 18.1 Å². The molecule has 72 valence electrons. The molecule has 2 N–H and O–H groups in total. The van der Waals surface area contributed by atoms with Gasteiger partial charge in [0.2, 0.25) is 0 Å². The number of hydrogen-bond acceptors (Lipinski definition) is 3. The van der Waals surface area contributed by atoms with Gasteiger partial charge in [-0.2, -0.15) is 0 Å². The molecular weight excluding hydrogens is 164 g/mol. The van der Waals surface area contributed by atoms with Gasteiger partial charge >= 0.3 is 0 Å². The first-order chi connectivity index (χ1) is 6.12. The summed E-state index contributed by atoms with van der Waals surface area (Å²) in [6, 6.07) is 2.04. The van der Waals surface area contributed by atoms with E-state index >= 15 is 0 Å². The second-order valence-corrected chi connectivity index (χ2v) is 3.39. The molecule has 0 aliphatic heterocycles. The Hall–Kier alpha value is -0.930.